The van der Waals surface area contributed by atoms with Crippen molar-refractivity contribution in [3.63, 3.8) is 0 Å². The van der Waals surface area contributed by atoms with E-state index in [4.69, 9.17) is 5.73 Å². The van der Waals surface area contributed by atoms with Crippen molar-refractivity contribution in [2.45, 2.75) is 12.7 Å². The van der Waals surface area contributed by atoms with Gasteiger partial charge in [-0.25, -0.2) is 0 Å². The Balaban J connectivity index is 2.43. The van der Waals surface area contributed by atoms with Gasteiger partial charge in [0.05, 0.1) is 13.1 Å². The molecule has 1 aromatic heterocycles. The van der Waals surface area contributed by atoms with Crippen LogP contribution in [0.2, 0.25) is 0 Å². The third-order valence-electron chi connectivity index (χ3n) is 2.30. The lowest BCUT2D eigenvalue weighted by Crippen LogP contribution is -2.31. The Morgan fingerprint density at radius 1 is 1.52 bits per heavy atom. The molecule has 8 heteroatoms. The normalized spacial score (nSPS) is 10.9. The number of nitrogens with zero attached hydrogens (tertiary/aromatic N) is 1. The van der Waals surface area contributed by atoms with Crippen molar-refractivity contribution < 1.29 is 22.7 Å². The number of rotatable bonds is 5. The van der Waals surface area contributed by atoms with Gasteiger partial charge >= 0.3 is 6.18 Å². The summed E-state index contributed by atoms with van der Waals surface area (Å²) >= 11 is 1.42. The van der Waals surface area contributed by atoms with Gasteiger partial charge in [0.15, 0.2) is 0 Å². The van der Waals surface area contributed by atoms with E-state index in [1.165, 1.54) is 23.3 Å². The minimum Gasteiger partial charge on any atom is -0.362 e. The zero-order valence-electron chi connectivity index (χ0n) is 11.4. The molecule has 1 amide bonds. The van der Waals surface area contributed by atoms with Crippen LogP contribution in [-0.2, 0) is 16.1 Å². The maximum atomic E-state index is 11.9. The predicted molar refractivity (Wildman–Crippen MR) is 73.6 cm³/mol. The molecular weight excluding hydrogens is 305 g/mol. The number of alkyl halides is 3. The number of carbonyl (C=O) groups is 1. The van der Waals surface area contributed by atoms with Gasteiger partial charge in [0, 0.05) is 22.9 Å². The highest BCUT2D eigenvalue weighted by atomic mass is 32.1. The summed E-state index contributed by atoms with van der Waals surface area (Å²) in [5.41, 5.74) is 6.06. The summed E-state index contributed by atoms with van der Waals surface area (Å²) in [5.74, 6) is 5.06. The van der Waals surface area contributed by atoms with Crippen molar-refractivity contribution in [3.05, 3.63) is 21.9 Å². The molecule has 0 aliphatic rings. The molecule has 21 heavy (non-hydrogen) atoms. The Kier molecular flexibility index (Phi) is 6.68. The molecule has 0 aliphatic heterocycles. The molecule has 0 radical (unpaired) electrons. The second-order valence-corrected chi connectivity index (χ2v) is 5.16. The first kappa shape index (κ1) is 17.5. The maximum Gasteiger partial charge on any atom is 0.411 e. The van der Waals surface area contributed by atoms with Crippen molar-refractivity contribution in [2.24, 2.45) is 5.73 Å². The van der Waals surface area contributed by atoms with Crippen molar-refractivity contribution in [2.75, 3.05) is 26.8 Å². The van der Waals surface area contributed by atoms with E-state index in [0.717, 1.165) is 10.4 Å². The number of nitrogens with two attached hydrogens (primary N) is 1. The minimum absolute atomic E-state index is 0.264. The zero-order chi connectivity index (χ0) is 15.9. The van der Waals surface area contributed by atoms with Gasteiger partial charge in [0.1, 0.15) is 13.2 Å². The molecule has 1 heterocycles. The third kappa shape index (κ3) is 7.13. The first-order valence-electron chi connectivity index (χ1n) is 5.96. The summed E-state index contributed by atoms with van der Waals surface area (Å²) in [4.78, 5) is 13.8. The number of hydrogen-bond donors (Lipinski definition) is 1. The summed E-state index contributed by atoms with van der Waals surface area (Å²) in [7, 11) is 1.50. The smallest absolute Gasteiger partial charge is 0.362 e. The molecule has 0 saturated heterocycles. The molecule has 0 fully saturated rings. The highest BCUT2D eigenvalue weighted by molar-refractivity contribution is 7.10. The molecule has 0 saturated carbocycles. The summed E-state index contributed by atoms with van der Waals surface area (Å²) < 4.78 is 40.0. The number of thiophene rings is 1. The van der Waals surface area contributed by atoms with Crippen LogP contribution in [0.3, 0.4) is 0 Å². The van der Waals surface area contributed by atoms with Gasteiger partial charge in [-0.1, -0.05) is 11.8 Å². The number of halogens is 3. The summed E-state index contributed by atoms with van der Waals surface area (Å²) in [6.07, 6.45) is -4.43. The van der Waals surface area contributed by atoms with Crippen LogP contribution in [0.15, 0.2) is 11.4 Å². The highest BCUT2D eigenvalue weighted by Gasteiger charge is 2.28. The standard InChI is InChI=1S/C13H15F3N2O2S/c1-18(12(19)7-20-9-13(14,15)16)6-11-5-10(8-21-11)3-2-4-17/h5,8H,4,6-7,9,17H2,1H3. The van der Waals surface area contributed by atoms with Gasteiger partial charge in [-0.2, -0.15) is 13.2 Å². The van der Waals surface area contributed by atoms with E-state index in [9.17, 15) is 18.0 Å². The van der Waals surface area contributed by atoms with E-state index in [1.807, 2.05) is 11.4 Å². The number of carbonyl (C=O) groups excluding carboxylic acids is 1. The molecule has 2 N–H and O–H groups in total. The Bertz CT molecular complexity index is 531. The molecule has 0 unspecified atom stereocenters. The van der Waals surface area contributed by atoms with Crippen molar-refractivity contribution >= 4 is 17.2 Å². The van der Waals surface area contributed by atoms with Crippen LogP contribution in [0.25, 0.3) is 0 Å². The molecule has 1 aromatic rings. The van der Waals surface area contributed by atoms with E-state index >= 15 is 0 Å². The third-order valence-corrected chi connectivity index (χ3v) is 3.22. The van der Waals surface area contributed by atoms with Crippen molar-refractivity contribution in [3.8, 4) is 11.8 Å². The van der Waals surface area contributed by atoms with Crippen LogP contribution in [0.4, 0.5) is 13.2 Å². The average Bonchev–Trinajstić information content (AvgIpc) is 2.82. The molecule has 0 spiro atoms. The Morgan fingerprint density at radius 3 is 2.86 bits per heavy atom. The van der Waals surface area contributed by atoms with Crippen LogP contribution in [0.5, 0.6) is 0 Å². The van der Waals surface area contributed by atoms with E-state index in [2.05, 4.69) is 16.6 Å². The van der Waals surface area contributed by atoms with Gasteiger partial charge in [0.25, 0.3) is 0 Å². The molecular formula is C13H15F3N2O2S. The number of hydrogen-bond acceptors (Lipinski definition) is 4. The lowest BCUT2D eigenvalue weighted by molar-refractivity contribution is -0.177. The quantitative estimate of drug-likeness (QED) is 0.839. The molecule has 0 aliphatic carbocycles. The zero-order valence-corrected chi connectivity index (χ0v) is 12.2. The fourth-order valence-electron chi connectivity index (χ4n) is 1.37. The van der Waals surface area contributed by atoms with Crippen LogP contribution >= 0.6 is 11.3 Å². The predicted octanol–water partition coefficient (Wildman–Crippen LogP) is 1.60. The lowest BCUT2D eigenvalue weighted by Gasteiger charge is -2.16. The maximum absolute atomic E-state index is 11.9. The molecule has 4 nitrogen and oxygen atoms in total. The van der Waals surface area contributed by atoms with Crippen LogP contribution in [0, 0.1) is 11.8 Å². The largest absolute Gasteiger partial charge is 0.411 e. The van der Waals surface area contributed by atoms with E-state index in [0.29, 0.717) is 6.54 Å². The van der Waals surface area contributed by atoms with Crippen LogP contribution < -0.4 is 5.73 Å². The highest BCUT2D eigenvalue weighted by Crippen LogP contribution is 2.16. The second-order valence-electron chi connectivity index (χ2n) is 4.17. The SMILES string of the molecule is CN(Cc1cc(C#CCN)cs1)C(=O)COCC(F)(F)F. The summed E-state index contributed by atoms with van der Waals surface area (Å²) in [6.45, 7) is -1.46. The van der Waals surface area contributed by atoms with Gasteiger partial charge in [0.2, 0.25) is 5.91 Å². The first-order chi connectivity index (χ1) is 9.81. The topological polar surface area (TPSA) is 55.6 Å². The second kappa shape index (κ2) is 8.02. The Morgan fingerprint density at radius 2 is 2.24 bits per heavy atom. The van der Waals surface area contributed by atoms with Gasteiger partial charge in [-0.15, -0.1) is 11.3 Å². The van der Waals surface area contributed by atoms with E-state index < -0.39 is 25.3 Å². The molecule has 0 aromatic carbocycles. The van der Waals surface area contributed by atoms with Crippen LogP contribution in [-0.4, -0.2) is 43.8 Å². The lowest BCUT2D eigenvalue weighted by atomic mass is 10.3. The number of likely N-dealkylation sites (N-methyl/N-ethyl adjacent to an activating group) is 1. The fourth-order valence-corrected chi connectivity index (χ4v) is 2.24. The van der Waals surface area contributed by atoms with E-state index in [-0.39, 0.29) is 6.54 Å². The minimum atomic E-state index is -4.43. The molecule has 0 bridgehead atoms. The average molecular weight is 320 g/mol. The van der Waals surface area contributed by atoms with Gasteiger partial charge < -0.3 is 15.4 Å². The van der Waals surface area contributed by atoms with Crippen LogP contribution in [0.1, 0.15) is 10.4 Å². The van der Waals surface area contributed by atoms with Gasteiger partial charge in [-0.3, -0.25) is 4.79 Å². The summed E-state index contributed by atoms with van der Waals surface area (Å²) in [6, 6.07) is 1.81. The number of amides is 1. The fraction of sp³-hybridized carbons (Fsp3) is 0.462. The van der Waals surface area contributed by atoms with Gasteiger partial charge in [-0.05, 0) is 6.07 Å². The van der Waals surface area contributed by atoms with E-state index in [1.54, 1.807) is 0 Å². The van der Waals surface area contributed by atoms with Crippen molar-refractivity contribution in [1.82, 2.24) is 4.90 Å². The van der Waals surface area contributed by atoms with Crippen molar-refractivity contribution in [1.29, 1.82) is 0 Å². The molecule has 1 rings (SSSR count). The first-order valence-corrected chi connectivity index (χ1v) is 6.84. The Hall–Kier alpha value is -1.56. The summed E-state index contributed by atoms with van der Waals surface area (Å²) in [5, 5.41) is 1.83. The Labute approximate surface area is 124 Å². The molecule has 0 atom stereocenters. The number of ether oxygens (including phenoxy) is 1. The molecule has 116 valence electrons. The monoisotopic (exact) mass is 320 g/mol.